The van der Waals surface area contributed by atoms with Crippen LogP contribution in [-0.2, 0) is 39.3 Å². The SMILES string of the molecule is Cc1c[c-]cc(CO)n1.[Y]. The molecule has 0 aliphatic rings. The maximum Gasteiger partial charge on any atom is 0.0399 e. The van der Waals surface area contributed by atoms with E-state index in [0.29, 0.717) is 5.69 Å². The summed E-state index contributed by atoms with van der Waals surface area (Å²) < 4.78 is 0. The topological polar surface area (TPSA) is 33.1 Å². The minimum absolute atomic E-state index is 0. The van der Waals surface area contributed by atoms with Gasteiger partial charge in [-0.05, 0) is 5.69 Å². The maximum absolute atomic E-state index is 8.58. The van der Waals surface area contributed by atoms with Crippen molar-refractivity contribution in [1.82, 2.24) is 4.98 Å². The molecular weight excluding hydrogens is 203 g/mol. The van der Waals surface area contributed by atoms with E-state index in [2.05, 4.69) is 11.1 Å². The number of aryl methyl sites for hydroxylation is 1. The molecule has 10 heavy (non-hydrogen) atoms. The van der Waals surface area contributed by atoms with Gasteiger partial charge in [0.25, 0.3) is 0 Å². The zero-order chi connectivity index (χ0) is 6.69. The number of aliphatic hydroxyl groups excluding tert-OH is 1. The van der Waals surface area contributed by atoms with Gasteiger partial charge in [-0.3, -0.25) is 0 Å². The van der Waals surface area contributed by atoms with Crippen LogP contribution < -0.4 is 0 Å². The van der Waals surface area contributed by atoms with Crippen molar-refractivity contribution in [3.63, 3.8) is 0 Å². The third kappa shape index (κ3) is 2.87. The summed E-state index contributed by atoms with van der Waals surface area (Å²) >= 11 is 0. The molecule has 51 valence electrons. The molecule has 0 saturated carbocycles. The summed E-state index contributed by atoms with van der Waals surface area (Å²) in [5.74, 6) is 0. The fourth-order valence-electron chi connectivity index (χ4n) is 0.631. The van der Waals surface area contributed by atoms with Gasteiger partial charge < -0.3 is 10.1 Å². The molecule has 0 aromatic carbocycles. The Labute approximate surface area is 85.6 Å². The molecule has 1 rings (SSSR count). The summed E-state index contributed by atoms with van der Waals surface area (Å²) in [7, 11) is 0. The van der Waals surface area contributed by atoms with Crippen LogP contribution in [-0.4, -0.2) is 10.1 Å². The Hall–Kier alpha value is 0.214. The van der Waals surface area contributed by atoms with Gasteiger partial charge in [-0.1, -0.05) is 12.6 Å². The number of aliphatic hydroxyl groups is 1. The summed E-state index contributed by atoms with van der Waals surface area (Å²) in [5.41, 5.74) is 1.57. The Bertz CT molecular complexity index is 203. The van der Waals surface area contributed by atoms with Gasteiger partial charge in [0, 0.05) is 39.3 Å². The molecule has 1 radical (unpaired) electrons. The first kappa shape index (κ1) is 10.2. The first-order valence-corrected chi connectivity index (χ1v) is 2.77. The number of hydrogen-bond acceptors (Lipinski definition) is 2. The Kier molecular flexibility index (Phi) is 5.05. The van der Waals surface area contributed by atoms with Gasteiger partial charge in [-0.2, -0.15) is 18.2 Å². The van der Waals surface area contributed by atoms with Gasteiger partial charge in [-0.15, -0.1) is 0 Å². The van der Waals surface area contributed by atoms with Crippen molar-refractivity contribution in [2.24, 2.45) is 0 Å². The number of hydrogen-bond donors (Lipinski definition) is 1. The van der Waals surface area contributed by atoms with Crippen LogP contribution in [0.2, 0.25) is 0 Å². The molecule has 1 N–H and O–H groups in total. The Morgan fingerprint density at radius 3 is 2.70 bits per heavy atom. The van der Waals surface area contributed by atoms with Gasteiger partial charge in [-0.25, -0.2) is 0 Å². The predicted molar refractivity (Wildman–Crippen MR) is 33.7 cm³/mol. The molecule has 2 nitrogen and oxygen atoms in total. The van der Waals surface area contributed by atoms with Crippen molar-refractivity contribution < 1.29 is 37.8 Å². The maximum atomic E-state index is 8.58. The van der Waals surface area contributed by atoms with Crippen molar-refractivity contribution in [2.75, 3.05) is 0 Å². The first-order chi connectivity index (χ1) is 4.33. The molecule has 3 heteroatoms. The second kappa shape index (κ2) is 4.94. The molecule has 0 saturated heterocycles. The van der Waals surface area contributed by atoms with Gasteiger partial charge in [0.1, 0.15) is 0 Å². The normalized spacial score (nSPS) is 8.60. The summed E-state index contributed by atoms with van der Waals surface area (Å²) in [6.45, 7) is 1.87. The molecule has 1 aromatic heterocycles. The predicted octanol–water partition coefficient (Wildman–Crippen LogP) is 0.680. The third-order valence-corrected chi connectivity index (χ3v) is 1.02. The molecule has 0 aliphatic carbocycles. The Morgan fingerprint density at radius 2 is 2.30 bits per heavy atom. The molecule has 0 spiro atoms. The molecule has 0 unspecified atom stereocenters. The van der Waals surface area contributed by atoms with E-state index in [9.17, 15) is 0 Å². The third-order valence-electron chi connectivity index (χ3n) is 1.02. The van der Waals surface area contributed by atoms with Gasteiger partial charge >= 0.3 is 0 Å². The molecular formula is C7H8NOY-. The monoisotopic (exact) mass is 211 g/mol. The van der Waals surface area contributed by atoms with Gasteiger partial charge in [0.2, 0.25) is 0 Å². The van der Waals surface area contributed by atoms with Crippen LogP contribution in [0.15, 0.2) is 12.1 Å². The first-order valence-electron chi connectivity index (χ1n) is 2.77. The van der Waals surface area contributed by atoms with E-state index in [1.165, 1.54) is 0 Å². The van der Waals surface area contributed by atoms with Gasteiger partial charge in [0.05, 0.1) is 0 Å². The second-order valence-electron chi connectivity index (χ2n) is 1.86. The number of aromatic nitrogens is 1. The van der Waals surface area contributed by atoms with Crippen molar-refractivity contribution in [1.29, 1.82) is 0 Å². The van der Waals surface area contributed by atoms with E-state index in [1.807, 2.05) is 6.92 Å². The van der Waals surface area contributed by atoms with Crippen LogP contribution >= 0.6 is 0 Å². The summed E-state index contributed by atoms with van der Waals surface area (Å²) in [4.78, 5) is 4.01. The van der Waals surface area contributed by atoms with E-state index >= 15 is 0 Å². The van der Waals surface area contributed by atoms with E-state index in [0.717, 1.165) is 5.69 Å². The number of rotatable bonds is 1. The standard InChI is InChI=1S/C7H8NO.Y/c1-6-3-2-4-7(5-9)8-6;/h3-4,9H,5H2,1H3;/q-1;. The fourth-order valence-corrected chi connectivity index (χ4v) is 0.631. The van der Waals surface area contributed by atoms with Crippen LogP contribution in [0.1, 0.15) is 11.4 Å². The fraction of sp³-hybridized carbons (Fsp3) is 0.286. The Balaban J connectivity index is 0.000000810. The van der Waals surface area contributed by atoms with Crippen molar-refractivity contribution in [3.05, 3.63) is 29.6 Å². The number of nitrogens with zero attached hydrogens (tertiary/aromatic N) is 1. The summed E-state index contributed by atoms with van der Waals surface area (Å²) in [5, 5.41) is 8.58. The second-order valence-corrected chi connectivity index (χ2v) is 1.86. The Morgan fingerprint density at radius 1 is 1.60 bits per heavy atom. The molecule has 0 amide bonds. The molecule has 0 bridgehead atoms. The summed E-state index contributed by atoms with van der Waals surface area (Å²) in [6, 6.07) is 6.31. The molecule has 1 aromatic rings. The van der Waals surface area contributed by atoms with E-state index in [4.69, 9.17) is 5.11 Å². The van der Waals surface area contributed by atoms with E-state index in [1.54, 1.807) is 12.1 Å². The van der Waals surface area contributed by atoms with Crippen LogP contribution in [0.25, 0.3) is 0 Å². The van der Waals surface area contributed by atoms with E-state index in [-0.39, 0.29) is 39.3 Å². The molecule has 0 aliphatic heterocycles. The van der Waals surface area contributed by atoms with Crippen molar-refractivity contribution >= 4 is 0 Å². The molecule has 0 atom stereocenters. The van der Waals surface area contributed by atoms with Gasteiger partial charge in [0.15, 0.2) is 0 Å². The smallest absolute Gasteiger partial charge is 0.0399 e. The average molecular weight is 211 g/mol. The minimum Gasteiger partial charge on any atom is -0.403 e. The van der Waals surface area contributed by atoms with Crippen LogP contribution in [0.4, 0.5) is 0 Å². The van der Waals surface area contributed by atoms with Crippen molar-refractivity contribution in [2.45, 2.75) is 13.5 Å². The largest absolute Gasteiger partial charge is 0.403 e. The zero-order valence-corrected chi connectivity index (χ0v) is 8.67. The minimum atomic E-state index is -0.00181. The average Bonchev–Trinajstić information content (AvgIpc) is 1.88. The zero-order valence-electron chi connectivity index (χ0n) is 5.83. The molecule has 0 fully saturated rings. The van der Waals surface area contributed by atoms with Crippen molar-refractivity contribution in [3.8, 4) is 0 Å². The van der Waals surface area contributed by atoms with Crippen LogP contribution in [0, 0.1) is 13.0 Å². The van der Waals surface area contributed by atoms with E-state index < -0.39 is 0 Å². The number of pyridine rings is 1. The molecule has 1 heterocycles. The quantitative estimate of drug-likeness (QED) is 0.693. The van der Waals surface area contributed by atoms with Crippen LogP contribution in [0.3, 0.4) is 0 Å². The summed E-state index contributed by atoms with van der Waals surface area (Å²) in [6.07, 6.45) is 0. The van der Waals surface area contributed by atoms with Crippen LogP contribution in [0.5, 0.6) is 0 Å².